The van der Waals surface area contributed by atoms with Crippen molar-refractivity contribution in [3.8, 4) is 0 Å². The van der Waals surface area contributed by atoms with Crippen molar-refractivity contribution in [1.29, 1.82) is 0 Å². The first kappa shape index (κ1) is 51.8. The second-order valence-corrected chi connectivity index (χ2v) is 7.12. The number of ether oxygens (including phenoxy) is 5. The third kappa shape index (κ3) is 131. The summed E-state index contributed by atoms with van der Waals surface area (Å²) in [5.41, 5.74) is 0. The topological polar surface area (TPSA) is 184 Å². The van der Waals surface area contributed by atoms with Crippen molar-refractivity contribution in [2.45, 2.75) is 87.4 Å². The van der Waals surface area contributed by atoms with E-state index >= 15 is 0 Å². The van der Waals surface area contributed by atoms with Crippen molar-refractivity contribution in [3.63, 3.8) is 0 Å². The normalized spacial score (nSPS) is 12.5. The Morgan fingerprint density at radius 1 is 0.816 bits per heavy atom. The van der Waals surface area contributed by atoms with Crippen LogP contribution < -0.4 is 0 Å². The van der Waals surface area contributed by atoms with E-state index in [9.17, 15) is 14.4 Å². The molecule has 0 aliphatic carbocycles. The van der Waals surface area contributed by atoms with Crippen molar-refractivity contribution in [3.05, 3.63) is 26.6 Å². The third-order valence-corrected chi connectivity index (χ3v) is 2.78. The van der Waals surface area contributed by atoms with Gasteiger partial charge in [0.1, 0.15) is 0 Å². The van der Waals surface area contributed by atoms with Crippen LogP contribution in [0.1, 0.15) is 75.2 Å². The van der Waals surface area contributed by atoms with Crippen LogP contribution in [0.5, 0.6) is 0 Å². The maximum absolute atomic E-state index is 10.2. The summed E-state index contributed by atoms with van der Waals surface area (Å²) in [6.07, 6.45) is 2.45. The second kappa shape index (κ2) is 51.0. The predicted octanol–water partition coefficient (Wildman–Crippen LogP) is 3.78. The molecule has 2 unspecified atom stereocenters. The summed E-state index contributed by atoms with van der Waals surface area (Å²) in [4.78, 5) is 30.3. The van der Waals surface area contributed by atoms with Crippen LogP contribution >= 0.6 is 0 Å². The number of esters is 3. The molecule has 12 heteroatoms. The second-order valence-electron chi connectivity index (χ2n) is 7.12. The molecule has 2 fully saturated rings. The molecule has 220 valence electrons. The molecule has 2 aliphatic rings. The van der Waals surface area contributed by atoms with Crippen molar-refractivity contribution in [2.24, 2.45) is 5.92 Å². The molecular weight excluding hydrogens is 504 g/mol. The molecule has 0 N–H and O–H groups in total. The third-order valence-electron chi connectivity index (χ3n) is 2.78. The van der Waals surface area contributed by atoms with Gasteiger partial charge < -0.3 is 23.7 Å². The van der Waals surface area contributed by atoms with Crippen LogP contribution in [-0.2, 0) is 56.7 Å². The molecule has 38 heavy (non-hydrogen) atoms. The zero-order chi connectivity index (χ0) is 31.9. The molecule has 0 radical (unpaired) electrons. The maximum atomic E-state index is 10.2. The van der Waals surface area contributed by atoms with E-state index < -0.39 is 0 Å². The van der Waals surface area contributed by atoms with Gasteiger partial charge in [-0.05, 0) is 32.6 Å². The van der Waals surface area contributed by atoms with Gasteiger partial charge in [-0.1, -0.05) is 27.7 Å². The molecule has 0 saturated carbocycles. The molecular formula is C26H44O12. The molecule has 2 aliphatic heterocycles. The van der Waals surface area contributed by atoms with E-state index in [2.05, 4.69) is 47.7 Å². The number of carbonyl (C=O) groups excluding carboxylic acids is 3. The number of carbonyl (C=O) groups is 3. The molecule has 2 rings (SSSR count). The monoisotopic (exact) mass is 548 g/mol. The Morgan fingerprint density at radius 3 is 1.24 bits per heavy atom. The summed E-state index contributed by atoms with van der Waals surface area (Å²) < 4.78 is 53.2. The van der Waals surface area contributed by atoms with E-state index in [0.717, 1.165) is 32.7 Å². The van der Waals surface area contributed by atoms with Gasteiger partial charge in [0.15, 0.2) is 0 Å². The zero-order valence-electron chi connectivity index (χ0n) is 24.1. The number of hydrogen-bond acceptors (Lipinski definition) is 8. The fourth-order valence-corrected chi connectivity index (χ4v) is 0.993. The molecule has 0 aromatic carbocycles. The van der Waals surface area contributed by atoms with Gasteiger partial charge in [-0.15, -0.1) is 0 Å². The van der Waals surface area contributed by atoms with Gasteiger partial charge in [0, 0.05) is 20.8 Å². The Bertz CT molecular complexity index is 547. The summed E-state index contributed by atoms with van der Waals surface area (Å²) >= 11 is 0. The van der Waals surface area contributed by atoms with Crippen molar-refractivity contribution >= 4 is 17.9 Å². The predicted molar refractivity (Wildman–Crippen MR) is 132 cm³/mol. The van der Waals surface area contributed by atoms with Gasteiger partial charge in [0.25, 0.3) is 0 Å². The van der Waals surface area contributed by atoms with Crippen LogP contribution in [0.15, 0.2) is 0 Å². The van der Waals surface area contributed by atoms with Crippen LogP contribution in [0.2, 0.25) is 0 Å². The molecule has 0 spiro atoms. The molecule has 2 saturated heterocycles. The quantitative estimate of drug-likeness (QED) is 0.158. The van der Waals surface area contributed by atoms with Crippen molar-refractivity contribution < 1.29 is 56.7 Å². The SMILES string of the molecule is C1CO1.CC(=O)OCC(C)C.CC1CO1.CCC(C)OC(C)=O.CCCOC(C)=O.[C-]#[O+].[C-]#[O+].[C-]#[O+].[C-]#[O+]. The van der Waals surface area contributed by atoms with E-state index in [4.69, 9.17) is 28.1 Å². The first-order valence-corrected chi connectivity index (χ1v) is 11.4. The van der Waals surface area contributed by atoms with Gasteiger partial charge in [0.2, 0.25) is 0 Å². The average molecular weight is 549 g/mol. The zero-order valence-corrected chi connectivity index (χ0v) is 24.1. The Labute approximate surface area is 227 Å². The molecule has 2 heterocycles. The van der Waals surface area contributed by atoms with Gasteiger partial charge in [-0.3, -0.25) is 14.4 Å². The Balaban J connectivity index is -0.0000000604. The number of rotatable bonds is 6. The Hall–Kier alpha value is -2.71. The van der Waals surface area contributed by atoms with Crippen LogP contribution in [0.25, 0.3) is 0 Å². The molecule has 0 aromatic heterocycles. The van der Waals surface area contributed by atoms with E-state index in [1.807, 2.05) is 34.6 Å². The van der Waals surface area contributed by atoms with Gasteiger partial charge in [0.05, 0.1) is 45.2 Å². The first-order valence-electron chi connectivity index (χ1n) is 11.4. The van der Waals surface area contributed by atoms with Gasteiger partial charge >= 0.3 is 63.1 Å². The summed E-state index contributed by atoms with van der Waals surface area (Å²) in [6, 6.07) is 0. The summed E-state index contributed by atoms with van der Waals surface area (Å²) in [7, 11) is 0. The minimum atomic E-state index is -0.196. The molecule has 0 bridgehead atoms. The average Bonchev–Trinajstić information content (AvgIpc) is 3.83. The molecule has 0 aromatic rings. The number of hydrogen-bond donors (Lipinski definition) is 0. The van der Waals surface area contributed by atoms with Crippen LogP contribution in [0.4, 0.5) is 0 Å². The summed E-state index contributed by atoms with van der Waals surface area (Å²) in [5, 5.41) is 0. The van der Waals surface area contributed by atoms with Crippen molar-refractivity contribution in [1.82, 2.24) is 0 Å². The minimum absolute atomic E-state index is 0.0764. The van der Waals surface area contributed by atoms with Crippen LogP contribution in [0, 0.1) is 32.5 Å². The van der Waals surface area contributed by atoms with Gasteiger partial charge in [-0.2, -0.15) is 0 Å². The van der Waals surface area contributed by atoms with Gasteiger partial charge in [-0.25, -0.2) is 0 Å². The standard InChI is InChI=1S/2C6H12O2.C5H10O2.C3H6O.C2H4O.4CO/c1-5(2)4-8-6(3)7;1-4-5(2)8-6(3)7;1-3-4-7-5(2)6;1-3-2-4-3;1-2-3-1;4*1-2/h2*5H,4H2,1-3H3;3-4H2,1-2H3;3H,2H2,1H3;1-2H2;;;;. The fraction of sp³-hybridized carbons (Fsp3) is 0.731. The molecule has 0 amide bonds. The summed E-state index contributed by atoms with van der Waals surface area (Å²) in [6.45, 7) is 38.2. The fourth-order valence-electron chi connectivity index (χ4n) is 0.993. The molecule has 2 atom stereocenters. The van der Waals surface area contributed by atoms with E-state index in [1.165, 1.54) is 20.8 Å². The van der Waals surface area contributed by atoms with Crippen molar-refractivity contribution in [2.75, 3.05) is 33.0 Å². The summed E-state index contributed by atoms with van der Waals surface area (Å²) in [5.74, 6) is -0.140. The Kier molecular flexibility index (Phi) is 69.6. The van der Waals surface area contributed by atoms with E-state index in [-0.39, 0.29) is 24.0 Å². The van der Waals surface area contributed by atoms with E-state index in [0.29, 0.717) is 25.2 Å². The van der Waals surface area contributed by atoms with Crippen LogP contribution in [-0.4, -0.2) is 63.2 Å². The first-order chi connectivity index (χ1) is 18.0. The Morgan fingerprint density at radius 2 is 1.16 bits per heavy atom. The number of epoxide rings is 2. The molecule has 12 nitrogen and oxygen atoms in total. The van der Waals surface area contributed by atoms with E-state index in [1.54, 1.807) is 0 Å². The van der Waals surface area contributed by atoms with Crippen LogP contribution in [0.3, 0.4) is 0 Å².